The molecule has 0 spiro atoms. The highest BCUT2D eigenvalue weighted by atomic mass is 16.5. The van der Waals surface area contributed by atoms with E-state index in [-0.39, 0.29) is 12.5 Å². The lowest BCUT2D eigenvalue weighted by Crippen LogP contribution is -2.52. The van der Waals surface area contributed by atoms with Crippen molar-refractivity contribution in [2.75, 3.05) is 6.61 Å². The van der Waals surface area contributed by atoms with Crippen LogP contribution >= 0.6 is 0 Å². The number of aliphatic hydroxyl groups excluding tert-OH is 1. The first kappa shape index (κ1) is 19.0. The zero-order valence-corrected chi connectivity index (χ0v) is 14.7. The molecule has 0 fully saturated rings. The lowest BCUT2D eigenvalue weighted by atomic mass is 10.0. The molecule has 5 heteroatoms. The number of ether oxygens (including phenoxy) is 1. The van der Waals surface area contributed by atoms with Crippen LogP contribution in [0.25, 0.3) is 0 Å². The molecule has 0 bridgehead atoms. The van der Waals surface area contributed by atoms with Crippen molar-refractivity contribution in [1.82, 2.24) is 5.32 Å². The minimum atomic E-state index is -0.677. The van der Waals surface area contributed by atoms with Crippen molar-refractivity contribution in [3.05, 3.63) is 65.7 Å². The molecule has 134 valence electrons. The molecule has 0 radical (unpaired) electrons. The molecule has 0 saturated carbocycles. The van der Waals surface area contributed by atoms with Gasteiger partial charge >= 0.3 is 0 Å². The average Bonchev–Trinajstić information content (AvgIpc) is 2.61. The number of rotatable bonds is 8. The van der Waals surface area contributed by atoms with E-state index in [9.17, 15) is 9.90 Å². The molecule has 2 aromatic carbocycles. The molecule has 0 aliphatic carbocycles. The van der Waals surface area contributed by atoms with E-state index in [2.05, 4.69) is 5.32 Å². The molecule has 0 saturated heterocycles. The van der Waals surface area contributed by atoms with Gasteiger partial charge in [-0.05, 0) is 43.5 Å². The molecule has 1 amide bonds. The fraction of sp³-hybridized carbons (Fsp3) is 0.350. The first-order valence-electron chi connectivity index (χ1n) is 8.34. The van der Waals surface area contributed by atoms with Gasteiger partial charge in [0.1, 0.15) is 12.4 Å². The van der Waals surface area contributed by atoms with Crippen molar-refractivity contribution in [2.24, 2.45) is 5.73 Å². The van der Waals surface area contributed by atoms with Crippen molar-refractivity contribution in [3.63, 3.8) is 0 Å². The standard InChI is InChI=1S/C20H26N2O3/c1-20(2,14-23)22-19(24)18(21)12-15-8-10-17(11-9-15)25-13-16-6-4-3-5-7-16/h3-11,18,23H,12-14,21H2,1-2H3,(H,22,24). The first-order valence-corrected chi connectivity index (χ1v) is 8.34. The number of carbonyl (C=O) groups excluding carboxylic acids is 1. The van der Waals surface area contributed by atoms with Gasteiger partial charge in [0, 0.05) is 0 Å². The largest absolute Gasteiger partial charge is 0.489 e. The van der Waals surface area contributed by atoms with Crippen LogP contribution in [0.15, 0.2) is 54.6 Å². The van der Waals surface area contributed by atoms with Crippen LogP contribution in [0.5, 0.6) is 5.75 Å². The summed E-state index contributed by atoms with van der Waals surface area (Å²) in [5.41, 5.74) is 7.35. The molecule has 25 heavy (non-hydrogen) atoms. The second-order valence-electron chi connectivity index (χ2n) is 6.76. The van der Waals surface area contributed by atoms with Gasteiger partial charge in [0.05, 0.1) is 18.2 Å². The number of nitrogens with one attached hydrogen (secondary N) is 1. The normalized spacial score (nSPS) is 12.5. The lowest BCUT2D eigenvalue weighted by Gasteiger charge is -2.25. The van der Waals surface area contributed by atoms with Crippen LogP contribution in [0.4, 0.5) is 0 Å². The van der Waals surface area contributed by atoms with Crippen LogP contribution in [0.2, 0.25) is 0 Å². The van der Waals surface area contributed by atoms with E-state index < -0.39 is 11.6 Å². The molecule has 1 atom stereocenters. The highest BCUT2D eigenvalue weighted by molar-refractivity contribution is 5.82. The Labute approximate surface area is 148 Å². The predicted molar refractivity (Wildman–Crippen MR) is 98.2 cm³/mol. The summed E-state index contributed by atoms with van der Waals surface area (Å²) >= 11 is 0. The molecule has 1 unspecified atom stereocenters. The van der Waals surface area contributed by atoms with Gasteiger partial charge in [-0.15, -0.1) is 0 Å². The Morgan fingerprint density at radius 3 is 2.36 bits per heavy atom. The molecule has 0 aliphatic heterocycles. The van der Waals surface area contributed by atoms with Crippen molar-refractivity contribution in [3.8, 4) is 5.75 Å². The van der Waals surface area contributed by atoms with Gasteiger partial charge in [-0.1, -0.05) is 42.5 Å². The minimum Gasteiger partial charge on any atom is -0.489 e. The summed E-state index contributed by atoms with van der Waals surface area (Å²) in [7, 11) is 0. The Morgan fingerprint density at radius 2 is 1.76 bits per heavy atom. The van der Waals surface area contributed by atoms with E-state index in [1.54, 1.807) is 13.8 Å². The van der Waals surface area contributed by atoms with Crippen LogP contribution in [0.1, 0.15) is 25.0 Å². The van der Waals surface area contributed by atoms with Gasteiger partial charge < -0.3 is 20.9 Å². The topological polar surface area (TPSA) is 84.6 Å². The maximum atomic E-state index is 12.1. The molecule has 0 aromatic heterocycles. The van der Waals surface area contributed by atoms with E-state index in [4.69, 9.17) is 10.5 Å². The van der Waals surface area contributed by atoms with Crippen LogP contribution in [0.3, 0.4) is 0 Å². The highest BCUT2D eigenvalue weighted by Gasteiger charge is 2.23. The fourth-order valence-electron chi connectivity index (χ4n) is 2.28. The lowest BCUT2D eigenvalue weighted by molar-refractivity contribution is -0.124. The van der Waals surface area contributed by atoms with Gasteiger partial charge in [0.25, 0.3) is 0 Å². The zero-order valence-electron chi connectivity index (χ0n) is 14.7. The minimum absolute atomic E-state index is 0.140. The van der Waals surface area contributed by atoms with Gasteiger partial charge in [0.15, 0.2) is 0 Å². The van der Waals surface area contributed by atoms with Gasteiger partial charge in [-0.25, -0.2) is 0 Å². The van der Waals surface area contributed by atoms with Crippen molar-refractivity contribution < 1.29 is 14.6 Å². The van der Waals surface area contributed by atoms with E-state index in [0.717, 1.165) is 16.9 Å². The van der Waals surface area contributed by atoms with Crippen molar-refractivity contribution in [2.45, 2.75) is 38.5 Å². The average molecular weight is 342 g/mol. The van der Waals surface area contributed by atoms with E-state index >= 15 is 0 Å². The third-order valence-electron chi connectivity index (χ3n) is 3.82. The number of benzene rings is 2. The molecular formula is C20H26N2O3. The zero-order chi connectivity index (χ0) is 18.3. The Morgan fingerprint density at radius 1 is 1.12 bits per heavy atom. The summed E-state index contributed by atoms with van der Waals surface area (Å²) in [6.07, 6.45) is 0.423. The van der Waals surface area contributed by atoms with Gasteiger partial charge in [-0.2, -0.15) is 0 Å². The van der Waals surface area contributed by atoms with Crippen LogP contribution < -0.4 is 15.8 Å². The van der Waals surface area contributed by atoms with Gasteiger partial charge in [-0.3, -0.25) is 4.79 Å². The quantitative estimate of drug-likeness (QED) is 0.685. The molecule has 0 aliphatic rings. The van der Waals surface area contributed by atoms with Crippen LogP contribution in [0, 0.1) is 0 Å². The summed E-state index contributed by atoms with van der Waals surface area (Å²) in [6.45, 7) is 3.87. The van der Waals surface area contributed by atoms with Crippen molar-refractivity contribution in [1.29, 1.82) is 0 Å². The van der Waals surface area contributed by atoms with Gasteiger partial charge in [0.2, 0.25) is 5.91 Å². The summed E-state index contributed by atoms with van der Waals surface area (Å²) in [4.78, 5) is 12.1. The second-order valence-corrected chi connectivity index (χ2v) is 6.76. The van der Waals surface area contributed by atoms with Crippen LogP contribution in [-0.4, -0.2) is 29.2 Å². The summed E-state index contributed by atoms with van der Waals surface area (Å²) in [5.74, 6) is 0.496. The number of carbonyl (C=O) groups is 1. The molecule has 2 rings (SSSR count). The van der Waals surface area contributed by atoms with E-state index in [1.165, 1.54) is 0 Å². The first-order chi connectivity index (χ1) is 11.9. The molecule has 4 N–H and O–H groups in total. The SMILES string of the molecule is CC(C)(CO)NC(=O)C(N)Cc1ccc(OCc2ccccc2)cc1. The number of hydrogen-bond acceptors (Lipinski definition) is 4. The van der Waals surface area contributed by atoms with E-state index in [0.29, 0.717) is 13.0 Å². The Hall–Kier alpha value is -2.37. The highest BCUT2D eigenvalue weighted by Crippen LogP contribution is 2.15. The Kier molecular flexibility index (Phi) is 6.56. The Bertz CT molecular complexity index is 669. The summed E-state index contributed by atoms with van der Waals surface area (Å²) in [5, 5.41) is 11.9. The summed E-state index contributed by atoms with van der Waals surface area (Å²) < 4.78 is 5.74. The van der Waals surface area contributed by atoms with E-state index in [1.807, 2.05) is 54.6 Å². The maximum absolute atomic E-state index is 12.1. The smallest absolute Gasteiger partial charge is 0.237 e. The summed E-state index contributed by atoms with van der Waals surface area (Å²) in [6, 6.07) is 16.9. The molecule has 5 nitrogen and oxygen atoms in total. The number of nitrogens with two attached hydrogens (primary N) is 1. The molecule has 0 heterocycles. The number of aliphatic hydroxyl groups is 1. The number of hydrogen-bond donors (Lipinski definition) is 3. The number of amides is 1. The molecule has 2 aromatic rings. The third kappa shape index (κ3) is 6.21. The van der Waals surface area contributed by atoms with Crippen molar-refractivity contribution >= 4 is 5.91 Å². The predicted octanol–water partition coefficient (Wildman–Crippen LogP) is 2.02. The van der Waals surface area contributed by atoms with Crippen LogP contribution in [-0.2, 0) is 17.8 Å². The maximum Gasteiger partial charge on any atom is 0.237 e. The Balaban J connectivity index is 1.86. The third-order valence-corrected chi connectivity index (χ3v) is 3.82. The second kappa shape index (κ2) is 8.65. The fourth-order valence-corrected chi connectivity index (χ4v) is 2.28. The molecular weight excluding hydrogens is 316 g/mol. The monoisotopic (exact) mass is 342 g/mol.